The summed E-state index contributed by atoms with van der Waals surface area (Å²) in [5.41, 5.74) is 2.57. The first kappa shape index (κ1) is 15.3. The number of ketones is 1. The van der Waals surface area contributed by atoms with Crippen molar-refractivity contribution >= 4 is 23.6 Å². The third-order valence-corrected chi connectivity index (χ3v) is 4.17. The fourth-order valence-electron chi connectivity index (χ4n) is 2.17. The molecule has 0 aliphatic rings. The largest absolute Gasteiger partial charge is 0.289 e. The van der Waals surface area contributed by atoms with Gasteiger partial charge in [0.2, 0.25) is 0 Å². The van der Waals surface area contributed by atoms with Gasteiger partial charge in [0.1, 0.15) is 0 Å². The third kappa shape index (κ3) is 3.79. The van der Waals surface area contributed by atoms with Crippen molar-refractivity contribution in [2.24, 2.45) is 0 Å². The van der Waals surface area contributed by atoms with E-state index < -0.39 is 0 Å². The van der Waals surface area contributed by atoms with Gasteiger partial charge >= 0.3 is 0 Å². The van der Waals surface area contributed by atoms with E-state index in [1.165, 1.54) is 0 Å². The van der Waals surface area contributed by atoms with Crippen LogP contribution in [0, 0.1) is 0 Å². The maximum atomic E-state index is 12.2. The van der Waals surface area contributed by atoms with Crippen LogP contribution in [0.25, 0.3) is 11.8 Å². The lowest BCUT2D eigenvalue weighted by molar-refractivity contribution is 0.104. The predicted octanol–water partition coefficient (Wildman–Crippen LogP) is 4.49. The summed E-state index contributed by atoms with van der Waals surface area (Å²) in [5.74, 6) is -0.00915. The molecule has 4 heteroatoms. The first-order chi connectivity index (χ1) is 11.3. The Kier molecular flexibility index (Phi) is 4.74. The van der Waals surface area contributed by atoms with Crippen molar-refractivity contribution in [3.63, 3.8) is 0 Å². The first-order valence-corrected chi connectivity index (χ1v) is 8.45. The maximum Gasteiger partial charge on any atom is 0.185 e. The van der Waals surface area contributed by atoms with Gasteiger partial charge in [-0.2, -0.15) is 5.10 Å². The number of benzene rings is 2. The molecule has 3 rings (SSSR count). The summed E-state index contributed by atoms with van der Waals surface area (Å²) in [6.07, 6.45) is 9.03. The lowest BCUT2D eigenvalue weighted by Crippen LogP contribution is -1.93. The molecular formula is C19H16N2OS. The Morgan fingerprint density at radius 3 is 2.52 bits per heavy atom. The second-order valence-electron chi connectivity index (χ2n) is 4.98. The Balaban J connectivity index is 1.72. The van der Waals surface area contributed by atoms with Crippen LogP contribution in [-0.4, -0.2) is 21.8 Å². The third-order valence-electron chi connectivity index (χ3n) is 3.42. The molecule has 114 valence electrons. The minimum atomic E-state index is -0.00915. The zero-order valence-electron chi connectivity index (χ0n) is 12.7. The van der Waals surface area contributed by atoms with E-state index in [0.29, 0.717) is 5.56 Å². The number of allylic oxidation sites excluding steroid dienone is 1. The maximum absolute atomic E-state index is 12.2. The molecule has 3 aromatic rings. The van der Waals surface area contributed by atoms with E-state index in [1.54, 1.807) is 34.8 Å². The summed E-state index contributed by atoms with van der Waals surface area (Å²) in [5, 5.41) is 4.31. The van der Waals surface area contributed by atoms with Gasteiger partial charge in [0.05, 0.1) is 11.9 Å². The van der Waals surface area contributed by atoms with Crippen molar-refractivity contribution in [2.75, 3.05) is 6.26 Å². The molecule has 1 heterocycles. The number of hydrogen-bond acceptors (Lipinski definition) is 3. The van der Waals surface area contributed by atoms with Gasteiger partial charge < -0.3 is 0 Å². The van der Waals surface area contributed by atoms with Crippen LogP contribution in [0.15, 0.2) is 78.0 Å². The van der Waals surface area contributed by atoms with Gasteiger partial charge in [-0.15, -0.1) is 11.8 Å². The van der Waals surface area contributed by atoms with E-state index in [-0.39, 0.29) is 5.78 Å². The van der Waals surface area contributed by atoms with Crippen molar-refractivity contribution in [1.82, 2.24) is 9.78 Å². The molecular weight excluding hydrogens is 304 g/mol. The molecule has 0 saturated heterocycles. The highest BCUT2D eigenvalue weighted by molar-refractivity contribution is 7.98. The fraction of sp³-hybridized carbons (Fsp3) is 0.0526. The van der Waals surface area contributed by atoms with Gasteiger partial charge in [-0.05, 0) is 54.8 Å². The molecule has 0 amide bonds. The van der Waals surface area contributed by atoms with E-state index in [2.05, 4.69) is 5.10 Å². The van der Waals surface area contributed by atoms with Crippen LogP contribution in [0.4, 0.5) is 0 Å². The van der Waals surface area contributed by atoms with Gasteiger partial charge in [0.25, 0.3) is 0 Å². The zero-order chi connectivity index (χ0) is 16.1. The number of thioether (sulfide) groups is 1. The number of carbonyl (C=O) groups excluding carboxylic acids is 1. The Morgan fingerprint density at radius 2 is 1.83 bits per heavy atom. The predicted molar refractivity (Wildman–Crippen MR) is 95.2 cm³/mol. The minimum Gasteiger partial charge on any atom is -0.289 e. The molecule has 2 aromatic carbocycles. The second kappa shape index (κ2) is 7.11. The molecule has 1 aromatic heterocycles. The average molecular weight is 320 g/mol. The molecule has 0 fully saturated rings. The van der Waals surface area contributed by atoms with Crippen molar-refractivity contribution in [3.05, 3.63) is 84.2 Å². The van der Waals surface area contributed by atoms with E-state index in [9.17, 15) is 4.79 Å². The summed E-state index contributed by atoms with van der Waals surface area (Å²) in [6, 6.07) is 17.5. The normalized spacial score (nSPS) is 11.0. The van der Waals surface area contributed by atoms with Crippen LogP contribution in [-0.2, 0) is 0 Å². The van der Waals surface area contributed by atoms with Crippen molar-refractivity contribution in [1.29, 1.82) is 0 Å². The SMILES string of the molecule is CSc1ccc(C(=O)/C=C/c2cnn(-c3ccccc3)c2)cc1. The average Bonchev–Trinajstić information content (AvgIpc) is 3.09. The number of carbonyl (C=O) groups is 1. The van der Waals surface area contributed by atoms with Crippen LogP contribution in [0.3, 0.4) is 0 Å². The van der Waals surface area contributed by atoms with Crippen LogP contribution in [0.1, 0.15) is 15.9 Å². The first-order valence-electron chi connectivity index (χ1n) is 7.23. The Labute approximate surface area is 139 Å². The van der Waals surface area contributed by atoms with Gasteiger partial charge in [0, 0.05) is 22.2 Å². The smallest absolute Gasteiger partial charge is 0.185 e. The number of rotatable bonds is 5. The molecule has 3 nitrogen and oxygen atoms in total. The van der Waals surface area contributed by atoms with E-state index in [1.807, 2.05) is 67.0 Å². The molecule has 0 radical (unpaired) electrons. The molecule has 0 N–H and O–H groups in total. The molecule has 0 spiro atoms. The number of hydrogen-bond donors (Lipinski definition) is 0. The number of nitrogens with zero attached hydrogens (tertiary/aromatic N) is 2. The zero-order valence-corrected chi connectivity index (χ0v) is 13.5. The Morgan fingerprint density at radius 1 is 1.09 bits per heavy atom. The van der Waals surface area contributed by atoms with Crippen LogP contribution in [0.2, 0.25) is 0 Å². The highest BCUT2D eigenvalue weighted by atomic mass is 32.2. The monoisotopic (exact) mass is 320 g/mol. The Bertz CT molecular complexity index is 820. The molecule has 0 unspecified atom stereocenters. The van der Waals surface area contributed by atoms with Crippen LogP contribution in [0.5, 0.6) is 0 Å². The molecule has 0 saturated carbocycles. The molecule has 0 aliphatic carbocycles. The highest BCUT2D eigenvalue weighted by Crippen LogP contribution is 2.16. The summed E-state index contributed by atoms with van der Waals surface area (Å²) < 4.78 is 1.79. The number of aromatic nitrogens is 2. The summed E-state index contributed by atoms with van der Waals surface area (Å²) >= 11 is 1.66. The van der Waals surface area contributed by atoms with Crippen LogP contribution >= 0.6 is 11.8 Å². The van der Waals surface area contributed by atoms with Crippen LogP contribution < -0.4 is 0 Å². The molecule has 0 atom stereocenters. The minimum absolute atomic E-state index is 0.00915. The summed E-state index contributed by atoms with van der Waals surface area (Å²) in [4.78, 5) is 13.3. The fourth-order valence-corrected chi connectivity index (χ4v) is 2.58. The van der Waals surface area contributed by atoms with Gasteiger partial charge in [-0.25, -0.2) is 4.68 Å². The van der Waals surface area contributed by atoms with E-state index in [0.717, 1.165) is 16.1 Å². The van der Waals surface area contributed by atoms with Crippen molar-refractivity contribution < 1.29 is 4.79 Å². The lowest BCUT2D eigenvalue weighted by atomic mass is 10.1. The van der Waals surface area contributed by atoms with E-state index in [4.69, 9.17) is 0 Å². The lowest BCUT2D eigenvalue weighted by Gasteiger charge is -1.98. The Hall–Kier alpha value is -2.59. The molecule has 0 aliphatic heterocycles. The molecule has 0 bridgehead atoms. The summed E-state index contributed by atoms with van der Waals surface area (Å²) in [7, 11) is 0. The number of para-hydroxylation sites is 1. The standard InChI is InChI=1S/C19H16N2OS/c1-23-18-10-8-16(9-11-18)19(22)12-7-15-13-20-21(14-15)17-5-3-2-4-6-17/h2-14H,1H3/b12-7+. The van der Waals surface area contributed by atoms with Gasteiger partial charge in [-0.3, -0.25) is 4.79 Å². The van der Waals surface area contributed by atoms with Crippen molar-refractivity contribution in [2.45, 2.75) is 4.90 Å². The highest BCUT2D eigenvalue weighted by Gasteiger charge is 2.02. The quantitative estimate of drug-likeness (QED) is 0.395. The van der Waals surface area contributed by atoms with Gasteiger partial charge in [0.15, 0.2) is 5.78 Å². The second-order valence-corrected chi connectivity index (χ2v) is 5.86. The van der Waals surface area contributed by atoms with Gasteiger partial charge in [-0.1, -0.05) is 18.2 Å². The summed E-state index contributed by atoms with van der Waals surface area (Å²) in [6.45, 7) is 0. The topological polar surface area (TPSA) is 34.9 Å². The molecule has 23 heavy (non-hydrogen) atoms. The van der Waals surface area contributed by atoms with Crippen molar-refractivity contribution in [3.8, 4) is 5.69 Å². The van der Waals surface area contributed by atoms with E-state index >= 15 is 0 Å².